The van der Waals surface area contributed by atoms with E-state index in [1.54, 1.807) is 11.3 Å². The van der Waals surface area contributed by atoms with Gasteiger partial charge in [-0.3, -0.25) is 4.90 Å². The van der Waals surface area contributed by atoms with Crippen molar-refractivity contribution in [3.63, 3.8) is 0 Å². The summed E-state index contributed by atoms with van der Waals surface area (Å²) in [6, 6.07) is 3.49. The lowest BCUT2D eigenvalue weighted by Gasteiger charge is -2.47. The molecule has 5 atom stereocenters. The number of likely N-dealkylation sites (tertiary alicyclic amines) is 1. The van der Waals surface area contributed by atoms with Crippen LogP contribution in [0.1, 0.15) is 52.1 Å². The van der Waals surface area contributed by atoms with E-state index in [1.807, 2.05) is 0 Å². The van der Waals surface area contributed by atoms with E-state index in [-0.39, 0.29) is 6.04 Å². The fourth-order valence-electron chi connectivity index (χ4n) is 3.48. The molecule has 1 saturated heterocycles. The van der Waals surface area contributed by atoms with E-state index in [1.165, 1.54) is 18.5 Å². The quantitative estimate of drug-likeness (QED) is 0.906. The Kier molecular flexibility index (Phi) is 5.04. The van der Waals surface area contributed by atoms with Crippen molar-refractivity contribution in [2.75, 3.05) is 6.54 Å². The minimum Gasteiger partial charge on any atom is -0.326 e. The summed E-state index contributed by atoms with van der Waals surface area (Å²) >= 11 is 1.78. The molecule has 108 valence electrons. The minimum atomic E-state index is 0.231. The average Bonchev–Trinajstić information content (AvgIpc) is 2.88. The molecular formula is C16H28N2S. The van der Waals surface area contributed by atoms with Gasteiger partial charge < -0.3 is 5.73 Å². The monoisotopic (exact) mass is 280 g/mol. The van der Waals surface area contributed by atoms with Crippen LogP contribution in [0.4, 0.5) is 0 Å². The molecule has 1 aliphatic rings. The van der Waals surface area contributed by atoms with Crippen LogP contribution < -0.4 is 5.73 Å². The smallest absolute Gasteiger partial charge is 0.0510 e. The van der Waals surface area contributed by atoms with Crippen LogP contribution in [0.25, 0.3) is 0 Å². The van der Waals surface area contributed by atoms with Gasteiger partial charge in [-0.15, -0.1) is 0 Å². The molecule has 5 unspecified atom stereocenters. The highest BCUT2D eigenvalue weighted by Gasteiger charge is 2.36. The van der Waals surface area contributed by atoms with Crippen LogP contribution in [-0.4, -0.2) is 23.5 Å². The van der Waals surface area contributed by atoms with Crippen LogP contribution in [0.2, 0.25) is 0 Å². The van der Waals surface area contributed by atoms with Gasteiger partial charge >= 0.3 is 0 Å². The van der Waals surface area contributed by atoms with Crippen molar-refractivity contribution < 1.29 is 0 Å². The molecule has 0 aliphatic carbocycles. The molecule has 1 fully saturated rings. The molecule has 2 N–H and O–H groups in total. The Balaban J connectivity index is 2.27. The van der Waals surface area contributed by atoms with E-state index >= 15 is 0 Å². The second kappa shape index (κ2) is 6.38. The molecule has 0 saturated carbocycles. The van der Waals surface area contributed by atoms with E-state index < -0.39 is 0 Å². The Labute approximate surface area is 122 Å². The summed E-state index contributed by atoms with van der Waals surface area (Å²) in [5, 5.41) is 4.45. The molecule has 2 nitrogen and oxygen atoms in total. The first-order valence-electron chi connectivity index (χ1n) is 7.58. The Morgan fingerprint density at radius 3 is 2.74 bits per heavy atom. The minimum absolute atomic E-state index is 0.231. The third-order valence-corrected chi connectivity index (χ3v) is 5.46. The molecular weight excluding hydrogens is 252 g/mol. The predicted octanol–water partition coefficient (Wildman–Crippen LogP) is 3.89. The maximum Gasteiger partial charge on any atom is 0.0510 e. The van der Waals surface area contributed by atoms with Crippen molar-refractivity contribution in [2.45, 2.75) is 58.7 Å². The second-order valence-corrected chi connectivity index (χ2v) is 7.11. The van der Waals surface area contributed by atoms with Crippen molar-refractivity contribution in [3.8, 4) is 0 Å². The largest absolute Gasteiger partial charge is 0.326 e. The van der Waals surface area contributed by atoms with Crippen molar-refractivity contribution in [3.05, 3.63) is 22.4 Å². The number of thiophene rings is 1. The first kappa shape index (κ1) is 15.0. The molecule has 0 aromatic carbocycles. The summed E-state index contributed by atoms with van der Waals surface area (Å²) in [4.78, 5) is 2.66. The van der Waals surface area contributed by atoms with Gasteiger partial charge in [0, 0.05) is 18.6 Å². The highest BCUT2D eigenvalue weighted by Crippen LogP contribution is 2.36. The van der Waals surface area contributed by atoms with E-state index in [4.69, 9.17) is 5.73 Å². The van der Waals surface area contributed by atoms with Crippen molar-refractivity contribution >= 4 is 11.3 Å². The summed E-state index contributed by atoms with van der Waals surface area (Å²) in [7, 11) is 0. The van der Waals surface area contributed by atoms with Gasteiger partial charge in [-0.1, -0.05) is 20.8 Å². The fraction of sp³-hybridized carbons (Fsp3) is 0.750. The molecule has 2 rings (SSSR count). The van der Waals surface area contributed by atoms with Gasteiger partial charge in [0.05, 0.1) is 6.04 Å². The number of nitrogens with zero attached hydrogens (tertiary/aromatic N) is 1. The maximum absolute atomic E-state index is 6.46. The number of rotatable bonds is 4. The number of piperidine rings is 1. The second-order valence-electron chi connectivity index (χ2n) is 6.33. The molecule has 0 radical (unpaired) electrons. The van der Waals surface area contributed by atoms with Crippen LogP contribution in [0, 0.1) is 11.8 Å². The number of hydrogen-bond donors (Lipinski definition) is 1. The van der Waals surface area contributed by atoms with Crippen LogP contribution in [0.5, 0.6) is 0 Å². The summed E-state index contributed by atoms with van der Waals surface area (Å²) in [5.74, 6) is 1.53. The molecule has 2 heterocycles. The molecule has 0 bridgehead atoms. The van der Waals surface area contributed by atoms with Gasteiger partial charge in [0.2, 0.25) is 0 Å². The van der Waals surface area contributed by atoms with Gasteiger partial charge in [-0.2, -0.15) is 11.3 Å². The Morgan fingerprint density at radius 1 is 1.42 bits per heavy atom. The average molecular weight is 280 g/mol. The van der Waals surface area contributed by atoms with Gasteiger partial charge in [0.25, 0.3) is 0 Å². The van der Waals surface area contributed by atoms with Crippen molar-refractivity contribution in [1.29, 1.82) is 0 Å². The molecule has 19 heavy (non-hydrogen) atoms. The molecule has 1 aromatic heterocycles. The lowest BCUT2D eigenvalue weighted by molar-refractivity contribution is 0.0289. The first-order chi connectivity index (χ1) is 9.04. The van der Waals surface area contributed by atoms with E-state index in [2.05, 4.69) is 49.4 Å². The number of nitrogens with two attached hydrogens (primary N) is 1. The van der Waals surface area contributed by atoms with Crippen LogP contribution in [-0.2, 0) is 0 Å². The summed E-state index contributed by atoms with van der Waals surface area (Å²) in [5.41, 5.74) is 7.87. The Hall–Kier alpha value is -0.380. The van der Waals surface area contributed by atoms with Gasteiger partial charge in [0.1, 0.15) is 0 Å². The molecule has 3 heteroatoms. The molecule has 0 spiro atoms. The maximum atomic E-state index is 6.46. The first-order valence-corrected chi connectivity index (χ1v) is 8.52. The summed E-state index contributed by atoms with van der Waals surface area (Å²) in [6.45, 7) is 10.5. The van der Waals surface area contributed by atoms with Gasteiger partial charge in [0.15, 0.2) is 0 Å². The van der Waals surface area contributed by atoms with E-state index in [9.17, 15) is 0 Å². The lowest BCUT2D eigenvalue weighted by atomic mass is 9.83. The van der Waals surface area contributed by atoms with E-state index in [0.29, 0.717) is 12.1 Å². The van der Waals surface area contributed by atoms with Gasteiger partial charge in [-0.05, 0) is 54.0 Å². The molecule has 1 aromatic rings. The SMILES string of the molecule is CCC(N)C(c1ccsc1)N1CC(C)CC(C)C1C. The van der Waals surface area contributed by atoms with Crippen LogP contribution in [0.15, 0.2) is 16.8 Å². The van der Waals surface area contributed by atoms with Crippen molar-refractivity contribution in [2.24, 2.45) is 17.6 Å². The van der Waals surface area contributed by atoms with Crippen LogP contribution in [0.3, 0.4) is 0 Å². The molecule has 1 aliphatic heterocycles. The zero-order valence-electron chi connectivity index (χ0n) is 12.7. The summed E-state index contributed by atoms with van der Waals surface area (Å²) in [6.07, 6.45) is 2.38. The normalized spacial score (nSPS) is 32.2. The Bertz CT molecular complexity index is 376. The zero-order chi connectivity index (χ0) is 14.0. The van der Waals surface area contributed by atoms with Crippen LogP contribution >= 0.6 is 11.3 Å². The highest BCUT2D eigenvalue weighted by atomic mass is 32.1. The highest BCUT2D eigenvalue weighted by molar-refractivity contribution is 7.07. The van der Waals surface area contributed by atoms with Crippen molar-refractivity contribution in [1.82, 2.24) is 4.90 Å². The number of hydrogen-bond acceptors (Lipinski definition) is 3. The third kappa shape index (κ3) is 3.21. The predicted molar refractivity (Wildman–Crippen MR) is 84.4 cm³/mol. The Morgan fingerprint density at radius 2 is 2.16 bits per heavy atom. The van der Waals surface area contributed by atoms with Gasteiger partial charge in [-0.25, -0.2) is 0 Å². The summed E-state index contributed by atoms with van der Waals surface area (Å²) < 4.78 is 0. The molecule has 0 amide bonds. The topological polar surface area (TPSA) is 29.3 Å². The third-order valence-electron chi connectivity index (χ3n) is 4.76. The van der Waals surface area contributed by atoms with E-state index in [0.717, 1.165) is 18.3 Å². The fourth-order valence-corrected chi connectivity index (χ4v) is 4.17. The zero-order valence-corrected chi connectivity index (χ0v) is 13.5. The lowest BCUT2D eigenvalue weighted by Crippen LogP contribution is -2.51. The standard InChI is InChI=1S/C16H28N2S/c1-5-15(17)16(14-6-7-19-10-14)18-9-11(2)8-12(3)13(18)4/h6-7,10-13,15-16H,5,8-9,17H2,1-4H3.